The van der Waals surface area contributed by atoms with E-state index in [0.717, 1.165) is 5.92 Å². The molecule has 0 aliphatic heterocycles. The van der Waals surface area contributed by atoms with Crippen LogP contribution in [0.4, 0.5) is 0 Å². The molecule has 0 bridgehead atoms. The third kappa shape index (κ3) is 6.72. The van der Waals surface area contributed by atoms with E-state index in [1.807, 2.05) is 11.8 Å². The quantitative estimate of drug-likeness (QED) is 0.624. The van der Waals surface area contributed by atoms with Crippen LogP contribution < -0.4 is 5.32 Å². The van der Waals surface area contributed by atoms with E-state index >= 15 is 0 Å². The second kappa shape index (κ2) is 8.60. The van der Waals surface area contributed by atoms with Gasteiger partial charge in [-0.1, -0.05) is 27.2 Å². The average molecular weight is 217 g/mol. The molecule has 0 aromatic rings. The van der Waals surface area contributed by atoms with Crippen LogP contribution in [0.15, 0.2) is 0 Å². The maximum Gasteiger partial charge on any atom is 0.00667 e. The van der Waals surface area contributed by atoms with Crippen LogP contribution in [0, 0.1) is 5.92 Å². The molecule has 0 saturated carbocycles. The maximum atomic E-state index is 3.68. The van der Waals surface area contributed by atoms with Crippen molar-refractivity contribution in [2.24, 2.45) is 5.92 Å². The van der Waals surface area contributed by atoms with Crippen molar-refractivity contribution in [2.75, 3.05) is 11.5 Å². The van der Waals surface area contributed by atoms with Crippen molar-refractivity contribution < 1.29 is 0 Å². The van der Waals surface area contributed by atoms with E-state index in [9.17, 15) is 0 Å². The summed E-state index contributed by atoms with van der Waals surface area (Å²) in [6, 6.07) is 1.32. The summed E-state index contributed by atoms with van der Waals surface area (Å²) in [4.78, 5) is 0. The zero-order valence-corrected chi connectivity index (χ0v) is 11.3. The minimum Gasteiger partial charge on any atom is -0.311 e. The molecule has 0 heterocycles. The lowest BCUT2D eigenvalue weighted by molar-refractivity contribution is 0.353. The normalized spacial score (nSPS) is 17.8. The van der Waals surface area contributed by atoms with Crippen molar-refractivity contribution >= 4 is 11.8 Å². The van der Waals surface area contributed by atoms with Crippen molar-refractivity contribution in [2.45, 2.75) is 59.5 Å². The lowest BCUT2D eigenvalue weighted by atomic mass is 10.00. The van der Waals surface area contributed by atoms with Crippen molar-refractivity contribution in [1.82, 2.24) is 5.32 Å². The van der Waals surface area contributed by atoms with E-state index in [1.165, 1.54) is 24.3 Å². The molecule has 0 fully saturated rings. The van der Waals surface area contributed by atoms with E-state index in [-0.39, 0.29) is 0 Å². The van der Waals surface area contributed by atoms with Gasteiger partial charge in [-0.15, -0.1) is 0 Å². The first kappa shape index (κ1) is 14.3. The highest BCUT2D eigenvalue weighted by atomic mass is 32.2. The van der Waals surface area contributed by atoms with Gasteiger partial charge < -0.3 is 5.32 Å². The van der Waals surface area contributed by atoms with Crippen LogP contribution >= 0.6 is 11.8 Å². The van der Waals surface area contributed by atoms with E-state index in [1.54, 1.807) is 0 Å². The minimum atomic E-state index is 0.654. The summed E-state index contributed by atoms with van der Waals surface area (Å²) in [7, 11) is 0. The Hall–Kier alpha value is 0.310. The fourth-order valence-corrected chi connectivity index (χ4v) is 2.26. The lowest BCUT2D eigenvalue weighted by Crippen LogP contribution is -2.38. The molecule has 1 N–H and O–H groups in total. The predicted octanol–water partition coefficient (Wildman–Crippen LogP) is 3.54. The van der Waals surface area contributed by atoms with Crippen molar-refractivity contribution in [1.29, 1.82) is 0 Å². The van der Waals surface area contributed by atoms with Gasteiger partial charge in [0.05, 0.1) is 0 Å². The average Bonchev–Trinajstić information content (AvgIpc) is 2.16. The van der Waals surface area contributed by atoms with Gasteiger partial charge >= 0.3 is 0 Å². The first-order valence-electron chi connectivity index (χ1n) is 5.95. The summed E-state index contributed by atoms with van der Waals surface area (Å²) in [6.07, 6.45) is 2.56. The monoisotopic (exact) mass is 217 g/mol. The Kier molecular flexibility index (Phi) is 8.80. The van der Waals surface area contributed by atoms with Gasteiger partial charge in [0.1, 0.15) is 0 Å². The maximum absolute atomic E-state index is 3.68. The Balaban J connectivity index is 3.54. The molecule has 0 radical (unpaired) electrons. The Bertz CT molecular complexity index is 127. The standard InChI is InChI=1S/C12H27NS/c1-6-10(3)12(5)13-11(4)8-9-14-7-2/h10-13H,6-9H2,1-5H3. The number of nitrogens with one attached hydrogen (secondary N) is 1. The molecule has 3 unspecified atom stereocenters. The zero-order valence-electron chi connectivity index (χ0n) is 10.5. The highest BCUT2D eigenvalue weighted by molar-refractivity contribution is 7.99. The fourth-order valence-electron chi connectivity index (χ4n) is 1.45. The molecular formula is C12H27NS. The van der Waals surface area contributed by atoms with Crippen LogP contribution in [0.2, 0.25) is 0 Å². The van der Waals surface area contributed by atoms with E-state index in [4.69, 9.17) is 0 Å². The smallest absolute Gasteiger partial charge is 0.00667 e. The highest BCUT2D eigenvalue weighted by Crippen LogP contribution is 2.09. The topological polar surface area (TPSA) is 12.0 Å². The van der Waals surface area contributed by atoms with Crippen LogP contribution in [0.1, 0.15) is 47.5 Å². The second-order valence-corrected chi connectivity index (χ2v) is 5.62. The molecule has 0 spiro atoms. The molecule has 0 aromatic heterocycles. The largest absolute Gasteiger partial charge is 0.311 e. The molecule has 3 atom stereocenters. The molecule has 0 rings (SSSR count). The summed E-state index contributed by atoms with van der Waals surface area (Å²) < 4.78 is 0. The van der Waals surface area contributed by atoms with Gasteiger partial charge in [-0.3, -0.25) is 0 Å². The Morgan fingerprint density at radius 3 is 2.29 bits per heavy atom. The third-order valence-corrected chi connectivity index (χ3v) is 3.88. The summed E-state index contributed by atoms with van der Waals surface area (Å²) in [5.41, 5.74) is 0. The van der Waals surface area contributed by atoms with Crippen LogP contribution in [-0.4, -0.2) is 23.6 Å². The summed E-state index contributed by atoms with van der Waals surface area (Å²) in [5.74, 6) is 3.32. The predicted molar refractivity (Wildman–Crippen MR) is 69.1 cm³/mol. The van der Waals surface area contributed by atoms with E-state index < -0.39 is 0 Å². The van der Waals surface area contributed by atoms with Gasteiger partial charge in [0.2, 0.25) is 0 Å². The van der Waals surface area contributed by atoms with Crippen molar-refractivity contribution in [3.05, 3.63) is 0 Å². The Morgan fingerprint density at radius 2 is 1.79 bits per heavy atom. The fraction of sp³-hybridized carbons (Fsp3) is 1.00. The highest BCUT2D eigenvalue weighted by Gasteiger charge is 2.12. The molecule has 1 nitrogen and oxygen atoms in total. The van der Waals surface area contributed by atoms with Crippen molar-refractivity contribution in [3.63, 3.8) is 0 Å². The van der Waals surface area contributed by atoms with Crippen LogP contribution in [0.25, 0.3) is 0 Å². The van der Waals surface area contributed by atoms with Crippen molar-refractivity contribution in [3.8, 4) is 0 Å². The second-order valence-electron chi connectivity index (χ2n) is 4.23. The van der Waals surface area contributed by atoms with Crippen LogP contribution in [0.5, 0.6) is 0 Å². The molecule has 14 heavy (non-hydrogen) atoms. The zero-order chi connectivity index (χ0) is 11.0. The molecule has 0 aliphatic carbocycles. The summed E-state index contributed by atoms with van der Waals surface area (Å²) in [5, 5.41) is 3.68. The molecule has 86 valence electrons. The molecule has 0 amide bonds. The molecular weight excluding hydrogens is 190 g/mol. The van der Waals surface area contributed by atoms with E-state index in [0.29, 0.717) is 12.1 Å². The molecule has 0 aliphatic rings. The van der Waals surface area contributed by atoms with Gasteiger partial charge in [0.15, 0.2) is 0 Å². The molecule has 2 heteroatoms. The number of thioether (sulfide) groups is 1. The van der Waals surface area contributed by atoms with Gasteiger partial charge in [-0.05, 0) is 37.7 Å². The summed E-state index contributed by atoms with van der Waals surface area (Å²) >= 11 is 2.04. The summed E-state index contributed by atoms with van der Waals surface area (Å²) in [6.45, 7) is 11.4. The number of rotatable bonds is 8. The Labute approximate surface area is 94.4 Å². The first-order chi connectivity index (χ1) is 6.61. The first-order valence-corrected chi connectivity index (χ1v) is 7.11. The van der Waals surface area contributed by atoms with Gasteiger partial charge in [-0.2, -0.15) is 11.8 Å². The number of hydrogen-bond acceptors (Lipinski definition) is 2. The van der Waals surface area contributed by atoms with Crippen LogP contribution in [-0.2, 0) is 0 Å². The van der Waals surface area contributed by atoms with Gasteiger partial charge in [-0.25, -0.2) is 0 Å². The number of hydrogen-bond donors (Lipinski definition) is 1. The van der Waals surface area contributed by atoms with Crippen LogP contribution in [0.3, 0.4) is 0 Å². The SMILES string of the molecule is CCSCCC(C)NC(C)C(C)CC. The molecule has 0 saturated heterocycles. The van der Waals surface area contributed by atoms with Gasteiger partial charge in [0, 0.05) is 12.1 Å². The minimum absolute atomic E-state index is 0.654. The third-order valence-electron chi connectivity index (χ3n) is 2.94. The van der Waals surface area contributed by atoms with E-state index in [2.05, 4.69) is 39.9 Å². The lowest BCUT2D eigenvalue weighted by Gasteiger charge is -2.24. The Morgan fingerprint density at radius 1 is 1.14 bits per heavy atom. The molecule has 0 aromatic carbocycles. The van der Waals surface area contributed by atoms with Gasteiger partial charge in [0.25, 0.3) is 0 Å².